The SMILES string of the molecule is Cc1ccc(N2[C@@H]3CC(C)(C)CC(=O)[C@@H]3C(c3cnn(C)c3)[C@H]3C(=O)CC(C)(C)C[C@@H]32)cc1. The first-order valence-electron chi connectivity index (χ1n) is 12.3. The average molecular weight is 448 g/mol. The van der Waals surface area contributed by atoms with Gasteiger partial charge in [-0.3, -0.25) is 14.3 Å². The number of nitrogens with zero attached hydrogens (tertiary/aromatic N) is 3. The van der Waals surface area contributed by atoms with Gasteiger partial charge < -0.3 is 4.90 Å². The van der Waals surface area contributed by atoms with Crippen LogP contribution >= 0.6 is 0 Å². The summed E-state index contributed by atoms with van der Waals surface area (Å²) in [4.78, 5) is 30.1. The normalized spacial score (nSPS) is 32.9. The van der Waals surface area contributed by atoms with E-state index < -0.39 is 0 Å². The lowest BCUT2D eigenvalue weighted by Gasteiger charge is -2.60. The number of anilines is 1. The maximum Gasteiger partial charge on any atom is 0.139 e. The molecule has 1 aromatic heterocycles. The van der Waals surface area contributed by atoms with Crippen molar-refractivity contribution >= 4 is 17.3 Å². The monoisotopic (exact) mass is 447 g/mol. The highest BCUT2D eigenvalue weighted by molar-refractivity contribution is 5.90. The van der Waals surface area contributed by atoms with Gasteiger partial charge in [0, 0.05) is 61.6 Å². The van der Waals surface area contributed by atoms with Crippen LogP contribution in [0.3, 0.4) is 0 Å². The molecule has 5 rings (SSSR count). The van der Waals surface area contributed by atoms with Crippen molar-refractivity contribution in [2.24, 2.45) is 29.7 Å². The molecule has 2 saturated carbocycles. The van der Waals surface area contributed by atoms with Gasteiger partial charge in [-0.2, -0.15) is 5.10 Å². The first-order chi connectivity index (χ1) is 15.5. The molecule has 0 bridgehead atoms. The van der Waals surface area contributed by atoms with Crippen LogP contribution < -0.4 is 4.90 Å². The van der Waals surface area contributed by atoms with Gasteiger partial charge in [0.1, 0.15) is 11.6 Å². The number of aromatic nitrogens is 2. The molecule has 0 spiro atoms. The highest BCUT2D eigenvalue weighted by Crippen LogP contribution is 2.56. The summed E-state index contributed by atoms with van der Waals surface area (Å²) in [5.74, 6) is 0.143. The predicted molar refractivity (Wildman–Crippen MR) is 130 cm³/mol. The third-order valence-electron chi connectivity index (χ3n) is 8.33. The van der Waals surface area contributed by atoms with E-state index >= 15 is 0 Å². The number of fused-ring (bicyclic) bond motifs is 2. The number of Topliss-reactive ketones (excluding diaryl/α,β-unsaturated/α-hetero) is 2. The topological polar surface area (TPSA) is 55.2 Å². The second-order valence-corrected chi connectivity index (χ2v) is 12.4. The highest BCUT2D eigenvalue weighted by Gasteiger charge is 2.60. The quantitative estimate of drug-likeness (QED) is 0.644. The Balaban J connectivity index is 1.71. The van der Waals surface area contributed by atoms with Crippen molar-refractivity contribution in [3.63, 3.8) is 0 Å². The summed E-state index contributed by atoms with van der Waals surface area (Å²) in [5, 5.41) is 4.44. The summed E-state index contributed by atoms with van der Waals surface area (Å²) in [5.41, 5.74) is 3.30. The van der Waals surface area contributed by atoms with Crippen LogP contribution in [0.1, 0.15) is 70.4 Å². The van der Waals surface area contributed by atoms with E-state index in [-0.39, 0.29) is 40.7 Å². The highest BCUT2D eigenvalue weighted by atomic mass is 16.1. The van der Waals surface area contributed by atoms with Crippen molar-refractivity contribution in [2.75, 3.05) is 4.90 Å². The molecule has 5 nitrogen and oxygen atoms in total. The van der Waals surface area contributed by atoms with E-state index in [9.17, 15) is 9.59 Å². The second-order valence-electron chi connectivity index (χ2n) is 12.4. The number of aryl methyl sites for hydroxylation is 2. The third-order valence-corrected chi connectivity index (χ3v) is 8.33. The number of hydrogen-bond acceptors (Lipinski definition) is 4. The molecule has 2 aromatic rings. The molecule has 3 aliphatic rings. The zero-order valence-electron chi connectivity index (χ0n) is 20.8. The molecule has 1 aliphatic heterocycles. The fourth-order valence-corrected chi connectivity index (χ4v) is 7.16. The van der Waals surface area contributed by atoms with Gasteiger partial charge in [-0.25, -0.2) is 0 Å². The van der Waals surface area contributed by atoms with Crippen molar-refractivity contribution in [1.29, 1.82) is 0 Å². The molecule has 0 amide bonds. The Kier molecular flexibility index (Phi) is 5.11. The van der Waals surface area contributed by atoms with Crippen LogP contribution in [0, 0.1) is 29.6 Å². The van der Waals surface area contributed by atoms with Gasteiger partial charge in [-0.05, 0) is 48.3 Å². The molecule has 176 valence electrons. The Hall–Kier alpha value is -2.43. The van der Waals surface area contributed by atoms with Crippen LogP contribution in [-0.4, -0.2) is 33.4 Å². The molecular formula is C28H37N3O2. The van der Waals surface area contributed by atoms with Gasteiger partial charge in [-0.1, -0.05) is 45.4 Å². The van der Waals surface area contributed by atoms with Crippen molar-refractivity contribution in [3.05, 3.63) is 47.8 Å². The molecule has 2 aliphatic carbocycles. The number of piperidine rings is 1. The summed E-state index contributed by atoms with van der Waals surface area (Å²) < 4.78 is 1.81. The van der Waals surface area contributed by atoms with E-state index in [4.69, 9.17) is 0 Å². The van der Waals surface area contributed by atoms with Gasteiger partial charge in [-0.15, -0.1) is 0 Å². The third kappa shape index (κ3) is 3.83. The van der Waals surface area contributed by atoms with Crippen LogP contribution in [0.2, 0.25) is 0 Å². The molecule has 2 heterocycles. The van der Waals surface area contributed by atoms with Crippen LogP contribution in [-0.2, 0) is 16.6 Å². The molecule has 0 N–H and O–H groups in total. The molecule has 33 heavy (non-hydrogen) atoms. The lowest BCUT2D eigenvalue weighted by molar-refractivity contribution is -0.138. The van der Waals surface area contributed by atoms with Crippen LogP contribution in [0.5, 0.6) is 0 Å². The van der Waals surface area contributed by atoms with Gasteiger partial charge in [0.05, 0.1) is 6.20 Å². The van der Waals surface area contributed by atoms with Gasteiger partial charge in [0.15, 0.2) is 0 Å². The van der Waals surface area contributed by atoms with Crippen molar-refractivity contribution in [3.8, 4) is 0 Å². The summed E-state index contributed by atoms with van der Waals surface area (Å²) in [7, 11) is 1.91. The van der Waals surface area contributed by atoms with Gasteiger partial charge >= 0.3 is 0 Å². The summed E-state index contributed by atoms with van der Waals surface area (Å²) >= 11 is 0. The molecule has 0 radical (unpaired) electrons. The number of ketones is 2. The Morgan fingerprint density at radius 1 is 0.848 bits per heavy atom. The fourth-order valence-electron chi connectivity index (χ4n) is 7.16. The van der Waals surface area contributed by atoms with E-state index in [0.29, 0.717) is 24.4 Å². The largest absolute Gasteiger partial charge is 0.364 e. The summed E-state index contributed by atoms with van der Waals surface area (Å²) in [6.45, 7) is 11.0. The van der Waals surface area contributed by atoms with Crippen molar-refractivity contribution < 1.29 is 9.59 Å². The van der Waals surface area contributed by atoms with E-state index in [0.717, 1.165) is 24.1 Å². The number of rotatable bonds is 2. The predicted octanol–water partition coefficient (Wildman–Crippen LogP) is 5.08. The average Bonchev–Trinajstić information content (AvgIpc) is 3.11. The second kappa shape index (κ2) is 7.54. The maximum absolute atomic E-state index is 13.8. The van der Waals surface area contributed by atoms with Crippen LogP contribution in [0.15, 0.2) is 36.7 Å². The minimum Gasteiger partial charge on any atom is -0.364 e. The Morgan fingerprint density at radius 3 is 1.82 bits per heavy atom. The van der Waals surface area contributed by atoms with Crippen molar-refractivity contribution in [1.82, 2.24) is 9.78 Å². The summed E-state index contributed by atoms with van der Waals surface area (Å²) in [6, 6.07) is 8.84. The van der Waals surface area contributed by atoms with Crippen LogP contribution in [0.25, 0.3) is 0 Å². The Morgan fingerprint density at radius 2 is 1.36 bits per heavy atom. The zero-order chi connectivity index (χ0) is 23.7. The van der Waals surface area contributed by atoms with Crippen LogP contribution in [0.4, 0.5) is 5.69 Å². The first-order valence-corrected chi connectivity index (χ1v) is 12.3. The molecule has 3 fully saturated rings. The smallest absolute Gasteiger partial charge is 0.139 e. The molecule has 5 heteroatoms. The standard InChI is InChI=1S/C28H37N3O2/c1-17-7-9-19(10-8-17)31-20-11-27(2,3)13-22(32)25(20)24(18-15-29-30(6)16-18)26-21(31)12-28(4,5)14-23(26)33/h7-10,15-16,20-21,24-26H,11-14H2,1-6H3/t20-,21+,24?,25-,26-/m1/s1. The Labute approximate surface area is 197 Å². The zero-order valence-corrected chi connectivity index (χ0v) is 20.8. The van der Waals surface area contributed by atoms with E-state index in [1.54, 1.807) is 4.68 Å². The molecule has 5 atom stereocenters. The maximum atomic E-state index is 13.8. The number of carbonyl (C=O) groups is 2. The van der Waals surface area contributed by atoms with E-state index in [2.05, 4.69) is 68.9 Å². The van der Waals surface area contributed by atoms with Gasteiger partial charge in [0.25, 0.3) is 0 Å². The van der Waals surface area contributed by atoms with E-state index in [1.807, 2.05) is 19.4 Å². The summed E-state index contributed by atoms with van der Waals surface area (Å²) in [6.07, 6.45) is 6.96. The number of hydrogen-bond donors (Lipinski definition) is 0. The van der Waals surface area contributed by atoms with Crippen molar-refractivity contribution in [2.45, 2.75) is 78.3 Å². The van der Waals surface area contributed by atoms with E-state index in [1.165, 1.54) is 5.56 Å². The molecule has 1 aromatic carbocycles. The first kappa shape index (κ1) is 22.4. The molecular weight excluding hydrogens is 410 g/mol. The molecule has 1 saturated heterocycles. The molecule has 1 unspecified atom stereocenters. The minimum atomic E-state index is -0.185. The lowest BCUT2D eigenvalue weighted by Crippen LogP contribution is -2.66. The van der Waals surface area contributed by atoms with Gasteiger partial charge in [0.2, 0.25) is 0 Å². The minimum absolute atomic E-state index is 0.0539. The lowest BCUT2D eigenvalue weighted by atomic mass is 9.54. The Bertz CT molecular complexity index is 1040. The number of carbonyl (C=O) groups excluding carboxylic acids is 2. The fraction of sp³-hybridized carbons (Fsp3) is 0.607. The number of benzene rings is 1.